The molecule has 1 aliphatic carbocycles. The van der Waals surface area contributed by atoms with Crippen molar-refractivity contribution in [2.45, 2.75) is 67.8 Å². The molecule has 0 aromatic heterocycles. The zero-order valence-electron chi connectivity index (χ0n) is 25.5. The SMILES string of the molecule is COC12CC(C(=O)O)CCN1c1cc(F)ccc1[C@H]1CN(C(=O)[C@]3(F)CN(C4CCCC4)C[C@H]3c3ccc(OCF)cc3)C[C@@H]12. The zero-order chi connectivity index (χ0) is 31.5. The molecule has 0 radical (unpaired) electrons. The number of alkyl halides is 2. The number of anilines is 1. The third-order valence-corrected chi connectivity index (χ3v) is 11.4. The number of carboxylic acid groups (broad SMARTS) is 1. The summed E-state index contributed by atoms with van der Waals surface area (Å²) >= 11 is 0. The van der Waals surface area contributed by atoms with Gasteiger partial charge in [0, 0.05) is 75.7 Å². The van der Waals surface area contributed by atoms with Crippen LogP contribution in [0.25, 0.3) is 0 Å². The van der Waals surface area contributed by atoms with Crippen molar-refractivity contribution in [3.63, 3.8) is 0 Å². The minimum atomic E-state index is -2.21. The number of amides is 1. The van der Waals surface area contributed by atoms with Crippen LogP contribution in [0, 0.1) is 17.7 Å². The molecule has 242 valence electrons. The summed E-state index contributed by atoms with van der Waals surface area (Å²) in [5.41, 5.74) is -1.12. The van der Waals surface area contributed by atoms with Crippen molar-refractivity contribution < 1.29 is 37.3 Å². The van der Waals surface area contributed by atoms with Gasteiger partial charge in [-0.3, -0.25) is 14.5 Å². The molecule has 0 spiro atoms. The number of hydrogen-bond acceptors (Lipinski definition) is 6. The number of hydrogen-bond donors (Lipinski definition) is 1. The number of likely N-dealkylation sites (tertiary alicyclic amines) is 2. The summed E-state index contributed by atoms with van der Waals surface area (Å²) in [4.78, 5) is 32.4. The molecule has 4 heterocycles. The van der Waals surface area contributed by atoms with E-state index in [1.54, 1.807) is 42.3 Å². The number of carboxylic acids is 1. The van der Waals surface area contributed by atoms with Crippen LogP contribution < -0.4 is 9.64 Å². The molecule has 1 N–H and O–H groups in total. The van der Waals surface area contributed by atoms with E-state index >= 15 is 4.39 Å². The third kappa shape index (κ3) is 4.88. The largest absolute Gasteiger partial charge is 0.481 e. The van der Waals surface area contributed by atoms with E-state index in [4.69, 9.17) is 9.47 Å². The van der Waals surface area contributed by atoms with Crippen LogP contribution in [0.15, 0.2) is 42.5 Å². The summed E-state index contributed by atoms with van der Waals surface area (Å²) in [6.07, 6.45) is 4.67. The van der Waals surface area contributed by atoms with Gasteiger partial charge in [-0.15, -0.1) is 0 Å². The molecule has 2 aromatic rings. The molecule has 1 saturated carbocycles. The first-order valence-corrected chi connectivity index (χ1v) is 16.0. The summed E-state index contributed by atoms with van der Waals surface area (Å²) < 4.78 is 56.2. The van der Waals surface area contributed by atoms with Gasteiger partial charge in [0.05, 0.1) is 5.92 Å². The van der Waals surface area contributed by atoms with Gasteiger partial charge in [0.15, 0.2) is 0 Å². The second kappa shape index (κ2) is 11.5. The zero-order valence-corrected chi connectivity index (χ0v) is 25.5. The first-order chi connectivity index (χ1) is 21.7. The smallest absolute Gasteiger partial charge is 0.306 e. The van der Waals surface area contributed by atoms with E-state index in [1.165, 1.54) is 12.1 Å². The highest BCUT2D eigenvalue weighted by Gasteiger charge is 2.62. The molecule has 4 aliphatic heterocycles. The molecule has 8 nitrogen and oxygen atoms in total. The minimum absolute atomic E-state index is 0.0137. The number of nitrogens with zero attached hydrogens (tertiary/aromatic N) is 3. The van der Waals surface area contributed by atoms with Crippen LogP contribution in [0.1, 0.15) is 61.5 Å². The molecule has 1 amide bonds. The number of fused-ring (bicyclic) bond motifs is 6. The first-order valence-electron chi connectivity index (χ1n) is 16.0. The predicted octanol–water partition coefficient (Wildman–Crippen LogP) is 5.08. The van der Waals surface area contributed by atoms with E-state index in [2.05, 4.69) is 4.90 Å². The van der Waals surface area contributed by atoms with Crippen LogP contribution in [-0.4, -0.2) is 90.9 Å². The molecule has 0 bridgehead atoms. The summed E-state index contributed by atoms with van der Waals surface area (Å²) in [6.45, 7) is 0.206. The van der Waals surface area contributed by atoms with Crippen molar-refractivity contribution in [2.75, 3.05) is 51.6 Å². The fraction of sp³-hybridized carbons (Fsp3) is 0.588. The molecule has 3 saturated heterocycles. The fourth-order valence-electron chi connectivity index (χ4n) is 9.18. The maximum Gasteiger partial charge on any atom is 0.306 e. The van der Waals surface area contributed by atoms with Crippen LogP contribution in [0.3, 0.4) is 0 Å². The lowest BCUT2D eigenvalue weighted by molar-refractivity contribution is -0.152. The molecule has 5 aliphatic rings. The maximum absolute atomic E-state index is 17.7. The van der Waals surface area contributed by atoms with E-state index in [0.717, 1.165) is 31.2 Å². The van der Waals surface area contributed by atoms with Crippen molar-refractivity contribution in [1.82, 2.24) is 9.80 Å². The van der Waals surface area contributed by atoms with Gasteiger partial charge in [-0.25, -0.2) is 13.2 Å². The first kappa shape index (κ1) is 30.3. The van der Waals surface area contributed by atoms with Gasteiger partial charge >= 0.3 is 5.97 Å². The number of methoxy groups -OCH3 is 1. The summed E-state index contributed by atoms with van der Waals surface area (Å²) in [6, 6.07) is 11.5. The van der Waals surface area contributed by atoms with E-state index in [9.17, 15) is 23.5 Å². The van der Waals surface area contributed by atoms with Crippen LogP contribution in [-0.2, 0) is 14.3 Å². The molecular weight excluding hydrogens is 587 g/mol. The average Bonchev–Trinajstić information content (AvgIpc) is 3.81. The molecule has 6 atom stereocenters. The normalized spacial score (nSPS) is 33.2. The highest BCUT2D eigenvalue weighted by molar-refractivity contribution is 5.88. The third-order valence-electron chi connectivity index (χ3n) is 11.4. The Bertz CT molecular complexity index is 1460. The number of halogens is 3. The van der Waals surface area contributed by atoms with Crippen LogP contribution in [0.4, 0.5) is 18.9 Å². The number of ether oxygens (including phenoxy) is 2. The van der Waals surface area contributed by atoms with Gasteiger partial charge in [-0.05, 0) is 54.7 Å². The predicted molar refractivity (Wildman–Crippen MR) is 160 cm³/mol. The number of benzene rings is 2. The number of carbonyl (C=O) groups excluding carboxylic acids is 1. The molecule has 11 heteroatoms. The molecule has 45 heavy (non-hydrogen) atoms. The van der Waals surface area contributed by atoms with Crippen LogP contribution in [0.5, 0.6) is 5.75 Å². The number of piperidine rings is 1. The van der Waals surface area contributed by atoms with Crippen LogP contribution in [0.2, 0.25) is 0 Å². The minimum Gasteiger partial charge on any atom is -0.481 e. The molecular formula is C34H40F3N3O5. The van der Waals surface area contributed by atoms with Gasteiger partial charge in [-0.2, -0.15) is 0 Å². The van der Waals surface area contributed by atoms with Gasteiger partial charge in [0.2, 0.25) is 12.5 Å². The highest BCUT2D eigenvalue weighted by atomic mass is 19.1. The van der Waals surface area contributed by atoms with Crippen molar-refractivity contribution in [3.05, 3.63) is 59.4 Å². The average molecular weight is 628 g/mol. The number of rotatable bonds is 7. The van der Waals surface area contributed by atoms with Gasteiger partial charge in [0.1, 0.15) is 17.3 Å². The Morgan fingerprint density at radius 3 is 2.49 bits per heavy atom. The van der Waals surface area contributed by atoms with Crippen molar-refractivity contribution >= 4 is 17.6 Å². The Labute approximate surface area is 261 Å². The summed E-state index contributed by atoms with van der Waals surface area (Å²) in [5, 5.41) is 9.96. The standard InChI is InChI=1S/C34H40F3N3O5/c1-44-34-15-22(31(41)42)12-13-40(34)30-14-23(36)8-11-26(30)27-16-38(18-29(27)34)32(43)33(37)19-39(24-4-2-3-5-24)17-28(33)21-6-9-25(10-7-21)45-20-35/h6-11,14,22,24,27-29H,2-5,12-13,15-20H2,1H3,(H,41,42)/t22?,27-,28+,29+,33+,34?/m1/s1. The Hall–Kier alpha value is -3.31. The quantitative estimate of drug-likeness (QED) is 0.459. The van der Waals surface area contributed by atoms with Crippen molar-refractivity contribution in [3.8, 4) is 5.75 Å². The van der Waals surface area contributed by atoms with E-state index in [-0.39, 0.29) is 43.9 Å². The maximum atomic E-state index is 17.7. The topological polar surface area (TPSA) is 82.6 Å². The number of aliphatic carboxylic acids is 1. The van der Waals surface area contributed by atoms with E-state index < -0.39 is 47.8 Å². The lowest BCUT2D eigenvalue weighted by Crippen LogP contribution is -2.64. The lowest BCUT2D eigenvalue weighted by Gasteiger charge is -2.56. The fourth-order valence-corrected chi connectivity index (χ4v) is 9.18. The van der Waals surface area contributed by atoms with Gasteiger partial charge < -0.3 is 24.4 Å². The number of carbonyl (C=O) groups is 2. The second-order valence-corrected chi connectivity index (χ2v) is 13.5. The van der Waals surface area contributed by atoms with Gasteiger partial charge in [0.25, 0.3) is 5.91 Å². The Morgan fingerprint density at radius 2 is 1.80 bits per heavy atom. The van der Waals surface area contributed by atoms with E-state index in [1.807, 2.05) is 4.90 Å². The molecule has 2 unspecified atom stereocenters. The highest BCUT2D eigenvalue weighted by Crippen LogP contribution is 2.56. The van der Waals surface area contributed by atoms with Crippen molar-refractivity contribution in [1.29, 1.82) is 0 Å². The Balaban J connectivity index is 1.24. The van der Waals surface area contributed by atoms with Crippen LogP contribution >= 0.6 is 0 Å². The van der Waals surface area contributed by atoms with Crippen molar-refractivity contribution in [2.24, 2.45) is 11.8 Å². The lowest BCUT2D eigenvalue weighted by atomic mass is 9.70. The second-order valence-electron chi connectivity index (χ2n) is 13.5. The monoisotopic (exact) mass is 627 g/mol. The summed E-state index contributed by atoms with van der Waals surface area (Å²) in [5.74, 6) is -3.56. The van der Waals surface area contributed by atoms with Gasteiger partial charge in [-0.1, -0.05) is 31.0 Å². The Morgan fingerprint density at radius 1 is 1.04 bits per heavy atom. The molecule has 4 fully saturated rings. The molecule has 2 aromatic carbocycles. The van der Waals surface area contributed by atoms with E-state index in [0.29, 0.717) is 36.5 Å². The Kier molecular flexibility index (Phi) is 7.75. The summed E-state index contributed by atoms with van der Waals surface area (Å²) in [7, 11) is 1.54. The molecule has 7 rings (SSSR count).